The first-order valence-corrected chi connectivity index (χ1v) is 8.23. The SMILES string of the molecule is COc1cc(Cl)ccc1OCc1cc(C(=O)N(C)[C@H]2CCOC2)no1. The predicted molar refractivity (Wildman–Crippen MR) is 90.2 cm³/mol. The fourth-order valence-electron chi connectivity index (χ4n) is 2.57. The molecule has 7 nitrogen and oxygen atoms in total. The average Bonchev–Trinajstić information content (AvgIpc) is 3.31. The second kappa shape index (κ2) is 7.76. The van der Waals surface area contributed by atoms with Crippen molar-refractivity contribution in [1.82, 2.24) is 10.1 Å². The van der Waals surface area contributed by atoms with E-state index >= 15 is 0 Å². The van der Waals surface area contributed by atoms with Gasteiger partial charge < -0.3 is 23.6 Å². The molecule has 0 aliphatic carbocycles. The van der Waals surface area contributed by atoms with E-state index in [0.717, 1.165) is 6.42 Å². The van der Waals surface area contributed by atoms with Gasteiger partial charge in [-0.3, -0.25) is 4.79 Å². The molecule has 2 heterocycles. The molecule has 1 saturated heterocycles. The molecule has 1 fully saturated rings. The first-order valence-electron chi connectivity index (χ1n) is 7.85. The first-order chi connectivity index (χ1) is 12.1. The number of likely N-dealkylation sites (N-methyl/N-ethyl adjacent to an activating group) is 1. The van der Waals surface area contributed by atoms with Gasteiger partial charge >= 0.3 is 0 Å². The number of methoxy groups -OCH3 is 1. The minimum absolute atomic E-state index is 0.0715. The number of hydrogen-bond donors (Lipinski definition) is 0. The minimum atomic E-state index is -0.199. The van der Waals surface area contributed by atoms with Crippen molar-refractivity contribution in [2.24, 2.45) is 0 Å². The summed E-state index contributed by atoms with van der Waals surface area (Å²) in [6.07, 6.45) is 0.826. The Morgan fingerprint density at radius 3 is 2.96 bits per heavy atom. The Kier molecular flexibility index (Phi) is 5.45. The van der Waals surface area contributed by atoms with Crippen LogP contribution in [-0.2, 0) is 11.3 Å². The Bertz CT molecular complexity index is 742. The van der Waals surface area contributed by atoms with Crippen molar-refractivity contribution in [3.63, 3.8) is 0 Å². The van der Waals surface area contributed by atoms with Crippen LogP contribution in [-0.4, -0.2) is 49.4 Å². The summed E-state index contributed by atoms with van der Waals surface area (Å²) in [6.45, 7) is 1.34. The lowest BCUT2D eigenvalue weighted by atomic mass is 10.2. The molecule has 0 saturated carbocycles. The molecule has 8 heteroatoms. The van der Waals surface area contributed by atoms with Crippen LogP contribution in [0.15, 0.2) is 28.8 Å². The molecule has 0 radical (unpaired) electrons. The summed E-state index contributed by atoms with van der Waals surface area (Å²) in [7, 11) is 3.28. The smallest absolute Gasteiger partial charge is 0.276 e. The van der Waals surface area contributed by atoms with E-state index in [9.17, 15) is 4.79 Å². The third-order valence-corrected chi connectivity index (χ3v) is 4.28. The van der Waals surface area contributed by atoms with Gasteiger partial charge in [0.05, 0.1) is 19.8 Å². The van der Waals surface area contributed by atoms with Crippen LogP contribution >= 0.6 is 11.6 Å². The van der Waals surface area contributed by atoms with Gasteiger partial charge in [-0.25, -0.2) is 0 Å². The highest BCUT2D eigenvalue weighted by molar-refractivity contribution is 6.30. The van der Waals surface area contributed by atoms with E-state index in [4.69, 9.17) is 30.3 Å². The number of benzene rings is 1. The zero-order valence-electron chi connectivity index (χ0n) is 14.0. The third-order valence-electron chi connectivity index (χ3n) is 4.05. The maximum Gasteiger partial charge on any atom is 0.276 e. The number of hydrogen-bond acceptors (Lipinski definition) is 6. The van der Waals surface area contributed by atoms with E-state index in [-0.39, 0.29) is 24.2 Å². The van der Waals surface area contributed by atoms with Crippen molar-refractivity contribution in [3.8, 4) is 11.5 Å². The summed E-state index contributed by atoms with van der Waals surface area (Å²) in [5.74, 6) is 1.28. The maximum absolute atomic E-state index is 12.4. The van der Waals surface area contributed by atoms with Crippen LogP contribution < -0.4 is 9.47 Å². The predicted octanol–water partition coefficient (Wildman–Crippen LogP) is 2.78. The number of rotatable bonds is 6. The van der Waals surface area contributed by atoms with E-state index < -0.39 is 0 Å². The molecule has 1 aliphatic heterocycles. The van der Waals surface area contributed by atoms with Crippen molar-refractivity contribution in [2.45, 2.75) is 19.1 Å². The van der Waals surface area contributed by atoms with Gasteiger partial charge in [0.15, 0.2) is 23.0 Å². The molecule has 0 unspecified atom stereocenters. The Hall–Kier alpha value is -2.25. The van der Waals surface area contributed by atoms with Gasteiger partial charge in [0.2, 0.25) is 0 Å². The molecule has 25 heavy (non-hydrogen) atoms. The largest absolute Gasteiger partial charge is 0.493 e. The Labute approximate surface area is 150 Å². The van der Waals surface area contributed by atoms with Crippen LogP contribution in [0.2, 0.25) is 5.02 Å². The topological polar surface area (TPSA) is 74.0 Å². The van der Waals surface area contributed by atoms with Gasteiger partial charge in [-0.2, -0.15) is 0 Å². The van der Waals surface area contributed by atoms with Crippen molar-refractivity contribution in [1.29, 1.82) is 0 Å². The lowest BCUT2D eigenvalue weighted by Gasteiger charge is -2.21. The van der Waals surface area contributed by atoms with Crippen LogP contribution in [0.4, 0.5) is 0 Å². The van der Waals surface area contributed by atoms with Gasteiger partial charge in [-0.15, -0.1) is 0 Å². The summed E-state index contributed by atoms with van der Waals surface area (Å²) < 4.78 is 21.4. The van der Waals surface area contributed by atoms with E-state index in [2.05, 4.69) is 5.16 Å². The van der Waals surface area contributed by atoms with E-state index in [0.29, 0.717) is 35.5 Å². The summed E-state index contributed by atoms with van der Waals surface area (Å²) in [6, 6.07) is 6.72. The normalized spacial score (nSPS) is 16.7. The van der Waals surface area contributed by atoms with Crippen LogP contribution in [0.1, 0.15) is 22.7 Å². The van der Waals surface area contributed by atoms with Gasteiger partial charge in [0, 0.05) is 30.8 Å². The number of ether oxygens (including phenoxy) is 3. The van der Waals surface area contributed by atoms with E-state index in [1.165, 1.54) is 7.11 Å². The lowest BCUT2D eigenvalue weighted by molar-refractivity contribution is 0.0700. The highest BCUT2D eigenvalue weighted by atomic mass is 35.5. The van der Waals surface area contributed by atoms with Gasteiger partial charge in [0.25, 0.3) is 5.91 Å². The summed E-state index contributed by atoms with van der Waals surface area (Å²) in [5, 5.41) is 4.39. The molecule has 2 aromatic rings. The summed E-state index contributed by atoms with van der Waals surface area (Å²) in [4.78, 5) is 14.1. The standard InChI is InChI=1S/C17H19ClN2O5/c1-20(12-5-6-23-9-12)17(21)14-8-13(25-19-14)10-24-15-4-3-11(18)7-16(15)22-2/h3-4,7-8,12H,5-6,9-10H2,1-2H3/t12-/m0/s1. The van der Waals surface area contributed by atoms with Crippen LogP contribution in [0.5, 0.6) is 11.5 Å². The fraction of sp³-hybridized carbons (Fsp3) is 0.412. The van der Waals surface area contributed by atoms with Crippen LogP contribution in [0, 0.1) is 0 Å². The number of nitrogens with zero attached hydrogens (tertiary/aromatic N) is 2. The molecule has 1 aliphatic rings. The van der Waals surface area contributed by atoms with E-state index in [1.54, 1.807) is 36.2 Å². The molecular formula is C17H19ClN2O5. The van der Waals surface area contributed by atoms with Crippen LogP contribution in [0.3, 0.4) is 0 Å². The summed E-state index contributed by atoms with van der Waals surface area (Å²) in [5.41, 5.74) is 0.246. The number of carbonyl (C=O) groups is 1. The molecule has 1 aromatic heterocycles. The first kappa shape index (κ1) is 17.6. The van der Waals surface area contributed by atoms with Crippen molar-refractivity contribution >= 4 is 17.5 Å². The van der Waals surface area contributed by atoms with Crippen molar-refractivity contribution in [2.75, 3.05) is 27.4 Å². The van der Waals surface area contributed by atoms with E-state index in [1.807, 2.05) is 0 Å². The molecule has 134 valence electrons. The quantitative estimate of drug-likeness (QED) is 0.782. The molecule has 1 atom stereocenters. The molecule has 1 amide bonds. The number of aromatic nitrogens is 1. The average molecular weight is 367 g/mol. The van der Waals surface area contributed by atoms with Crippen molar-refractivity contribution < 1.29 is 23.5 Å². The Morgan fingerprint density at radius 2 is 2.24 bits per heavy atom. The van der Waals surface area contributed by atoms with Gasteiger partial charge in [0.1, 0.15) is 6.61 Å². The Balaban J connectivity index is 1.63. The number of carbonyl (C=O) groups excluding carboxylic acids is 1. The second-order valence-electron chi connectivity index (χ2n) is 5.70. The lowest BCUT2D eigenvalue weighted by Crippen LogP contribution is -2.37. The molecule has 0 bridgehead atoms. The second-order valence-corrected chi connectivity index (χ2v) is 6.13. The Morgan fingerprint density at radius 1 is 1.40 bits per heavy atom. The molecule has 0 N–H and O–H groups in total. The third kappa shape index (κ3) is 4.05. The van der Waals surface area contributed by atoms with Crippen LogP contribution in [0.25, 0.3) is 0 Å². The zero-order valence-corrected chi connectivity index (χ0v) is 14.8. The van der Waals surface area contributed by atoms with Crippen molar-refractivity contribution in [3.05, 3.63) is 40.7 Å². The number of halogens is 1. The fourth-order valence-corrected chi connectivity index (χ4v) is 2.73. The highest BCUT2D eigenvalue weighted by Crippen LogP contribution is 2.30. The maximum atomic E-state index is 12.4. The molecular weight excluding hydrogens is 348 g/mol. The number of amides is 1. The monoisotopic (exact) mass is 366 g/mol. The summed E-state index contributed by atoms with van der Waals surface area (Å²) >= 11 is 5.92. The van der Waals surface area contributed by atoms with Gasteiger partial charge in [-0.05, 0) is 18.6 Å². The van der Waals surface area contributed by atoms with Gasteiger partial charge in [-0.1, -0.05) is 16.8 Å². The minimum Gasteiger partial charge on any atom is -0.493 e. The molecule has 1 aromatic carbocycles. The zero-order chi connectivity index (χ0) is 17.8. The molecule has 0 spiro atoms. The highest BCUT2D eigenvalue weighted by Gasteiger charge is 2.27. The molecule has 3 rings (SSSR count).